The molecule has 0 aliphatic heterocycles. The molecule has 0 aliphatic rings. The Labute approximate surface area is 119 Å². The topological polar surface area (TPSA) is 56.7 Å². The van der Waals surface area contributed by atoms with Crippen molar-refractivity contribution in [3.63, 3.8) is 0 Å². The van der Waals surface area contributed by atoms with Crippen LogP contribution in [0.3, 0.4) is 0 Å². The highest BCUT2D eigenvalue weighted by Crippen LogP contribution is 2.26. The van der Waals surface area contributed by atoms with Gasteiger partial charge < -0.3 is 5.73 Å². The number of imidazole rings is 1. The lowest BCUT2D eigenvalue weighted by Gasteiger charge is -2.15. The van der Waals surface area contributed by atoms with Crippen molar-refractivity contribution in [3.8, 4) is 0 Å². The molecule has 0 amide bonds. The Bertz CT molecular complexity index is 718. The van der Waals surface area contributed by atoms with Crippen LogP contribution in [0.25, 0.3) is 11.2 Å². The maximum Gasteiger partial charge on any atom is 0.203 e. The van der Waals surface area contributed by atoms with E-state index in [1.54, 1.807) is 6.20 Å². The molecule has 3 rings (SSSR count). The molecule has 19 heavy (non-hydrogen) atoms. The summed E-state index contributed by atoms with van der Waals surface area (Å²) in [6.07, 6.45) is 1.76. The zero-order chi connectivity index (χ0) is 13.4. The Morgan fingerprint density at radius 2 is 1.95 bits per heavy atom. The van der Waals surface area contributed by atoms with Gasteiger partial charge in [-0.2, -0.15) is 0 Å². The van der Waals surface area contributed by atoms with E-state index in [4.69, 9.17) is 5.73 Å². The first-order valence-corrected chi connectivity index (χ1v) is 6.80. The van der Waals surface area contributed by atoms with E-state index < -0.39 is 0 Å². The Kier molecular flexibility index (Phi) is 2.98. The number of nitrogens with zero attached hydrogens (tertiary/aromatic N) is 3. The fraction of sp³-hybridized carbons (Fsp3) is 0.143. The van der Waals surface area contributed by atoms with Crippen LogP contribution in [0, 0.1) is 0 Å². The van der Waals surface area contributed by atoms with Gasteiger partial charge in [-0.05, 0) is 36.8 Å². The summed E-state index contributed by atoms with van der Waals surface area (Å²) in [5.74, 6) is 0.490. The van der Waals surface area contributed by atoms with Crippen LogP contribution in [0.15, 0.2) is 47.1 Å². The van der Waals surface area contributed by atoms with Crippen molar-refractivity contribution in [2.24, 2.45) is 0 Å². The van der Waals surface area contributed by atoms with Gasteiger partial charge in [0.1, 0.15) is 5.52 Å². The first-order valence-electron chi connectivity index (χ1n) is 6.00. The lowest BCUT2D eigenvalue weighted by Crippen LogP contribution is -2.10. The van der Waals surface area contributed by atoms with Gasteiger partial charge >= 0.3 is 0 Å². The van der Waals surface area contributed by atoms with Gasteiger partial charge in [-0.1, -0.05) is 28.1 Å². The highest BCUT2D eigenvalue weighted by molar-refractivity contribution is 9.10. The highest BCUT2D eigenvalue weighted by atomic mass is 79.9. The van der Waals surface area contributed by atoms with Crippen LogP contribution in [0.5, 0.6) is 0 Å². The standard InChI is InChI=1S/C14H13BrN4/c1-9(10-4-6-11(15)7-5-10)19-13-12(18-14(19)16)3-2-8-17-13/h2-9H,1H3,(H2,16,18). The minimum atomic E-state index is 0.0907. The number of nitrogens with two attached hydrogens (primary N) is 1. The molecule has 2 N–H and O–H groups in total. The lowest BCUT2D eigenvalue weighted by molar-refractivity contribution is 0.662. The first-order chi connectivity index (χ1) is 9.16. The molecule has 0 spiro atoms. The molecule has 0 fully saturated rings. The van der Waals surface area contributed by atoms with E-state index in [-0.39, 0.29) is 6.04 Å². The van der Waals surface area contributed by atoms with E-state index in [1.165, 1.54) is 5.56 Å². The monoisotopic (exact) mass is 316 g/mol. The van der Waals surface area contributed by atoms with Crippen LogP contribution < -0.4 is 5.73 Å². The summed E-state index contributed by atoms with van der Waals surface area (Å²) in [5, 5.41) is 0. The second kappa shape index (κ2) is 4.66. The van der Waals surface area contributed by atoms with E-state index >= 15 is 0 Å². The number of anilines is 1. The molecule has 1 unspecified atom stereocenters. The summed E-state index contributed by atoms with van der Waals surface area (Å²) in [4.78, 5) is 8.72. The minimum absolute atomic E-state index is 0.0907. The van der Waals surface area contributed by atoms with Crippen molar-refractivity contribution in [1.29, 1.82) is 0 Å². The predicted octanol–water partition coefficient (Wildman–Crippen LogP) is 3.39. The molecular formula is C14H13BrN4. The number of aromatic nitrogens is 3. The lowest BCUT2D eigenvalue weighted by atomic mass is 10.1. The van der Waals surface area contributed by atoms with Crippen LogP contribution >= 0.6 is 15.9 Å². The number of fused-ring (bicyclic) bond motifs is 1. The zero-order valence-electron chi connectivity index (χ0n) is 10.4. The third-order valence-corrected chi connectivity index (χ3v) is 3.74. The normalized spacial score (nSPS) is 12.7. The molecule has 4 nitrogen and oxygen atoms in total. The van der Waals surface area contributed by atoms with E-state index in [0.717, 1.165) is 15.6 Å². The van der Waals surface area contributed by atoms with Crippen LogP contribution in [0.2, 0.25) is 0 Å². The second-order valence-electron chi connectivity index (χ2n) is 4.41. The fourth-order valence-corrected chi connectivity index (χ4v) is 2.48. The number of nitrogen functional groups attached to an aromatic ring is 1. The van der Waals surface area contributed by atoms with Gasteiger partial charge in [0.05, 0.1) is 6.04 Å². The maximum absolute atomic E-state index is 6.02. The Balaban J connectivity index is 2.13. The molecular weight excluding hydrogens is 304 g/mol. The van der Waals surface area contributed by atoms with Crippen molar-refractivity contribution >= 4 is 33.0 Å². The molecule has 5 heteroatoms. The average Bonchev–Trinajstić information content (AvgIpc) is 2.74. The van der Waals surface area contributed by atoms with Crippen molar-refractivity contribution < 1.29 is 0 Å². The molecule has 2 heterocycles. The smallest absolute Gasteiger partial charge is 0.203 e. The SMILES string of the molecule is CC(c1ccc(Br)cc1)n1c(N)nc2cccnc21. The van der Waals surface area contributed by atoms with E-state index in [9.17, 15) is 0 Å². The van der Waals surface area contributed by atoms with Gasteiger partial charge in [0.2, 0.25) is 5.95 Å². The van der Waals surface area contributed by atoms with Gasteiger partial charge in [-0.15, -0.1) is 0 Å². The predicted molar refractivity (Wildman–Crippen MR) is 79.9 cm³/mol. The summed E-state index contributed by atoms with van der Waals surface area (Å²) in [5.41, 5.74) is 8.83. The molecule has 1 aromatic carbocycles. The number of halogens is 1. The van der Waals surface area contributed by atoms with E-state index in [2.05, 4.69) is 45.0 Å². The third-order valence-electron chi connectivity index (χ3n) is 3.22. The molecule has 96 valence electrons. The summed E-state index contributed by atoms with van der Waals surface area (Å²) in [7, 11) is 0. The van der Waals surface area contributed by atoms with Gasteiger partial charge in [-0.3, -0.25) is 4.57 Å². The fourth-order valence-electron chi connectivity index (χ4n) is 2.22. The molecule has 0 bridgehead atoms. The number of pyridine rings is 1. The molecule has 2 aromatic heterocycles. The second-order valence-corrected chi connectivity index (χ2v) is 5.33. The third kappa shape index (κ3) is 2.10. The van der Waals surface area contributed by atoms with Crippen LogP contribution in [-0.2, 0) is 0 Å². The summed E-state index contributed by atoms with van der Waals surface area (Å²) >= 11 is 3.44. The first kappa shape index (κ1) is 12.2. The molecule has 0 aliphatic carbocycles. The number of benzene rings is 1. The average molecular weight is 317 g/mol. The van der Waals surface area contributed by atoms with Crippen molar-refractivity contribution in [2.75, 3.05) is 5.73 Å². The van der Waals surface area contributed by atoms with Gasteiger partial charge in [-0.25, -0.2) is 9.97 Å². The Hall–Kier alpha value is -1.88. The number of rotatable bonds is 2. The van der Waals surface area contributed by atoms with Crippen LogP contribution in [0.4, 0.5) is 5.95 Å². The van der Waals surface area contributed by atoms with Crippen LogP contribution in [0.1, 0.15) is 18.5 Å². The number of hydrogen-bond acceptors (Lipinski definition) is 3. The Morgan fingerprint density at radius 1 is 1.21 bits per heavy atom. The molecule has 0 radical (unpaired) electrons. The maximum atomic E-state index is 6.02. The quantitative estimate of drug-likeness (QED) is 0.788. The minimum Gasteiger partial charge on any atom is -0.369 e. The summed E-state index contributed by atoms with van der Waals surface area (Å²) < 4.78 is 3.02. The van der Waals surface area contributed by atoms with Crippen molar-refractivity contribution in [2.45, 2.75) is 13.0 Å². The summed E-state index contributed by atoms with van der Waals surface area (Å²) in [6.45, 7) is 2.09. The molecule has 0 saturated heterocycles. The summed E-state index contributed by atoms with van der Waals surface area (Å²) in [6, 6.07) is 12.1. The van der Waals surface area contributed by atoms with Crippen LogP contribution in [-0.4, -0.2) is 14.5 Å². The van der Waals surface area contributed by atoms with Gasteiger partial charge in [0, 0.05) is 10.7 Å². The zero-order valence-corrected chi connectivity index (χ0v) is 12.0. The molecule has 1 atom stereocenters. The largest absolute Gasteiger partial charge is 0.369 e. The highest BCUT2D eigenvalue weighted by Gasteiger charge is 2.16. The number of hydrogen-bond donors (Lipinski definition) is 1. The van der Waals surface area contributed by atoms with Gasteiger partial charge in [0.25, 0.3) is 0 Å². The van der Waals surface area contributed by atoms with E-state index in [1.807, 2.05) is 28.8 Å². The molecule has 3 aromatic rings. The Morgan fingerprint density at radius 3 is 2.68 bits per heavy atom. The van der Waals surface area contributed by atoms with Crippen molar-refractivity contribution in [3.05, 3.63) is 52.6 Å². The molecule has 0 saturated carbocycles. The van der Waals surface area contributed by atoms with Gasteiger partial charge in [0.15, 0.2) is 5.65 Å². The van der Waals surface area contributed by atoms with E-state index in [0.29, 0.717) is 5.95 Å². The van der Waals surface area contributed by atoms with Crippen molar-refractivity contribution in [1.82, 2.24) is 14.5 Å².